The molecule has 0 spiro atoms. The van der Waals surface area contributed by atoms with Crippen molar-refractivity contribution in [3.05, 3.63) is 65.7 Å². The summed E-state index contributed by atoms with van der Waals surface area (Å²) in [5.74, 6) is 0. The van der Waals surface area contributed by atoms with Crippen LogP contribution in [0.4, 0.5) is 5.69 Å². The van der Waals surface area contributed by atoms with Crippen molar-refractivity contribution in [3.8, 4) is 0 Å². The Morgan fingerprint density at radius 3 is 2.62 bits per heavy atom. The van der Waals surface area contributed by atoms with E-state index >= 15 is 0 Å². The van der Waals surface area contributed by atoms with Crippen molar-refractivity contribution in [2.45, 2.75) is 25.3 Å². The molecule has 1 aliphatic rings. The van der Waals surface area contributed by atoms with Gasteiger partial charge in [-0.05, 0) is 43.5 Å². The van der Waals surface area contributed by atoms with Gasteiger partial charge in [0.25, 0.3) is 0 Å². The summed E-state index contributed by atoms with van der Waals surface area (Å²) in [6.45, 7) is 2.28. The Balaban J connectivity index is 1.82. The lowest BCUT2D eigenvalue weighted by atomic mass is 10.00. The predicted molar refractivity (Wildman–Crippen MR) is 90.0 cm³/mol. The summed E-state index contributed by atoms with van der Waals surface area (Å²) in [6, 6.07) is 20.2. The van der Waals surface area contributed by atoms with Gasteiger partial charge in [0, 0.05) is 24.8 Å². The average Bonchev–Trinajstić information content (AvgIpc) is 2.56. The summed E-state index contributed by atoms with van der Waals surface area (Å²) in [6.07, 6.45) is 3.57. The number of rotatable bonds is 4. The maximum absolute atomic E-state index is 3.43. The zero-order valence-electron chi connectivity index (χ0n) is 12.8. The number of nitrogens with zero attached hydrogens (tertiary/aromatic N) is 1. The van der Waals surface area contributed by atoms with Crippen LogP contribution in [0.5, 0.6) is 0 Å². The van der Waals surface area contributed by atoms with Crippen LogP contribution in [-0.4, -0.2) is 26.2 Å². The van der Waals surface area contributed by atoms with Gasteiger partial charge in [-0.15, -0.1) is 0 Å². The Hall–Kier alpha value is -1.80. The molecule has 2 aromatic rings. The third kappa shape index (κ3) is 3.45. The van der Waals surface area contributed by atoms with E-state index in [9.17, 15) is 0 Å². The van der Waals surface area contributed by atoms with Crippen molar-refractivity contribution in [2.24, 2.45) is 0 Å². The van der Waals surface area contributed by atoms with Gasteiger partial charge in [-0.3, -0.25) is 0 Å². The van der Waals surface area contributed by atoms with Crippen LogP contribution in [0.2, 0.25) is 0 Å². The zero-order chi connectivity index (χ0) is 14.5. The molecule has 0 aliphatic carbocycles. The van der Waals surface area contributed by atoms with Crippen LogP contribution in [-0.2, 0) is 6.42 Å². The first kappa shape index (κ1) is 14.2. The van der Waals surface area contributed by atoms with E-state index in [0.29, 0.717) is 6.04 Å². The first-order valence-electron chi connectivity index (χ1n) is 7.91. The monoisotopic (exact) mass is 280 g/mol. The minimum Gasteiger partial charge on any atom is -0.370 e. The second-order valence-electron chi connectivity index (χ2n) is 5.86. The highest BCUT2D eigenvalue weighted by molar-refractivity contribution is 5.55. The third-order valence-electron chi connectivity index (χ3n) is 4.40. The molecule has 110 valence electrons. The second kappa shape index (κ2) is 6.77. The lowest BCUT2D eigenvalue weighted by Crippen LogP contribution is -2.44. The van der Waals surface area contributed by atoms with Crippen LogP contribution in [0.25, 0.3) is 0 Å². The van der Waals surface area contributed by atoms with Gasteiger partial charge in [0.15, 0.2) is 0 Å². The average molecular weight is 280 g/mol. The van der Waals surface area contributed by atoms with E-state index in [4.69, 9.17) is 0 Å². The van der Waals surface area contributed by atoms with E-state index in [2.05, 4.69) is 71.9 Å². The highest BCUT2D eigenvalue weighted by Gasteiger charge is 2.20. The van der Waals surface area contributed by atoms with E-state index in [-0.39, 0.29) is 0 Å². The number of hydrogen-bond donors (Lipinski definition) is 1. The fourth-order valence-electron chi connectivity index (χ4n) is 3.22. The van der Waals surface area contributed by atoms with Crippen molar-refractivity contribution >= 4 is 5.69 Å². The minimum absolute atomic E-state index is 0.614. The Morgan fingerprint density at radius 2 is 1.81 bits per heavy atom. The molecule has 2 nitrogen and oxygen atoms in total. The molecule has 0 amide bonds. The molecule has 0 saturated carbocycles. The van der Waals surface area contributed by atoms with Gasteiger partial charge in [-0.2, -0.15) is 0 Å². The van der Waals surface area contributed by atoms with Crippen molar-refractivity contribution in [1.29, 1.82) is 0 Å². The molecule has 0 aromatic heterocycles. The van der Waals surface area contributed by atoms with Crippen molar-refractivity contribution in [3.63, 3.8) is 0 Å². The molecule has 21 heavy (non-hydrogen) atoms. The molecule has 1 N–H and O–H groups in total. The van der Waals surface area contributed by atoms with E-state index < -0.39 is 0 Å². The van der Waals surface area contributed by atoms with E-state index in [1.165, 1.54) is 36.2 Å². The predicted octanol–water partition coefficient (Wildman–Crippen LogP) is 3.47. The van der Waals surface area contributed by atoms with Crippen molar-refractivity contribution in [2.75, 3.05) is 25.0 Å². The Bertz CT molecular complexity index is 565. The number of likely N-dealkylation sites (N-methyl/N-ethyl adjacent to an activating group) is 1. The smallest absolute Gasteiger partial charge is 0.0402 e. The van der Waals surface area contributed by atoms with E-state index in [1.807, 2.05) is 0 Å². The molecule has 1 unspecified atom stereocenters. The zero-order valence-corrected chi connectivity index (χ0v) is 12.8. The highest BCUT2D eigenvalue weighted by atomic mass is 15.2. The first-order valence-corrected chi connectivity index (χ1v) is 7.91. The molecule has 1 aliphatic heterocycles. The largest absolute Gasteiger partial charge is 0.370 e. The van der Waals surface area contributed by atoms with Crippen LogP contribution >= 0.6 is 0 Å². The van der Waals surface area contributed by atoms with Crippen LogP contribution < -0.4 is 10.2 Å². The van der Waals surface area contributed by atoms with E-state index in [0.717, 1.165) is 13.0 Å². The maximum Gasteiger partial charge on any atom is 0.0402 e. The summed E-state index contributed by atoms with van der Waals surface area (Å²) >= 11 is 0. The summed E-state index contributed by atoms with van der Waals surface area (Å²) in [4.78, 5) is 2.54. The highest BCUT2D eigenvalue weighted by Crippen LogP contribution is 2.26. The van der Waals surface area contributed by atoms with Gasteiger partial charge in [0.05, 0.1) is 0 Å². The van der Waals surface area contributed by atoms with Gasteiger partial charge < -0.3 is 10.2 Å². The quantitative estimate of drug-likeness (QED) is 0.922. The fraction of sp³-hybridized carbons (Fsp3) is 0.368. The molecular weight excluding hydrogens is 256 g/mol. The van der Waals surface area contributed by atoms with Gasteiger partial charge in [0.2, 0.25) is 0 Å². The molecule has 1 saturated heterocycles. The molecule has 3 rings (SSSR count). The van der Waals surface area contributed by atoms with E-state index in [1.54, 1.807) is 0 Å². The number of piperidine rings is 1. The number of benzene rings is 2. The summed E-state index contributed by atoms with van der Waals surface area (Å²) in [5, 5.41) is 3.43. The summed E-state index contributed by atoms with van der Waals surface area (Å²) in [7, 11) is 2.07. The van der Waals surface area contributed by atoms with Crippen LogP contribution in [0.1, 0.15) is 24.0 Å². The van der Waals surface area contributed by atoms with Crippen LogP contribution in [0.15, 0.2) is 54.6 Å². The van der Waals surface area contributed by atoms with Gasteiger partial charge in [-0.1, -0.05) is 48.5 Å². The van der Waals surface area contributed by atoms with Gasteiger partial charge in [-0.25, -0.2) is 0 Å². The molecule has 2 aromatic carbocycles. The molecular formula is C19H24N2. The normalized spacial score (nSPS) is 18.7. The van der Waals surface area contributed by atoms with Gasteiger partial charge >= 0.3 is 0 Å². The second-order valence-corrected chi connectivity index (χ2v) is 5.86. The number of nitrogens with one attached hydrogen (secondary N) is 1. The molecule has 0 bridgehead atoms. The summed E-state index contributed by atoms with van der Waals surface area (Å²) < 4.78 is 0. The van der Waals surface area contributed by atoms with Gasteiger partial charge in [0.1, 0.15) is 0 Å². The SMILES string of the molecule is CNC1CCCN(c2ccccc2Cc2ccccc2)C1. The molecule has 0 radical (unpaired) electrons. The third-order valence-corrected chi connectivity index (χ3v) is 4.40. The molecule has 1 heterocycles. The van der Waals surface area contributed by atoms with Crippen molar-refractivity contribution < 1.29 is 0 Å². The maximum atomic E-state index is 3.43. The number of para-hydroxylation sites is 1. The van der Waals surface area contributed by atoms with Crippen molar-refractivity contribution in [1.82, 2.24) is 5.32 Å². The Morgan fingerprint density at radius 1 is 1.05 bits per heavy atom. The fourth-order valence-corrected chi connectivity index (χ4v) is 3.22. The lowest BCUT2D eigenvalue weighted by molar-refractivity contribution is 0.449. The number of anilines is 1. The summed E-state index contributed by atoms with van der Waals surface area (Å²) in [5.41, 5.74) is 4.22. The standard InChI is InChI=1S/C19H24N2/c1-20-18-11-7-13-21(15-18)19-12-6-5-10-17(19)14-16-8-3-2-4-9-16/h2-6,8-10,12,18,20H,7,11,13-15H2,1H3. The first-order chi connectivity index (χ1) is 10.4. The number of hydrogen-bond acceptors (Lipinski definition) is 2. The minimum atomic E-state index is 0.614. The molecule has 1 atom stereocenters. The Labute approximate surface area is 127 Å². The topological polar surface area (TPSA) is 15.3 Å². The van der Waals surface area contributed by atoms with Crippen LogP contribution in [0, 0.1) is 0 Å². The molecule has 2 heteroatoms. The van der Waals surface area contributed by atoms with Crippen LogP contribution in [0.3, 0.4) is 0 Å². The molecule has 1 fully saturated rings. The Kier molecular flexibility index (Phi) is 4.56. The lowest BCUT2D eigenvalue weighted by Gasteiger charge is -2.35.